The SMILES string of the molecule is CCCCC(c1ccc(C(=O)NCCC(=O)O)cc1)n1nc(-c2cc(C(F)(F)F)ccc2OC)c2ccc(-c3cc(F)c(F)c(F)c3)cc21. The Balaban J connectivity index is 1.70. The summed E-state index contributed by atoms with van der Waals surface area (Å²) in [4.78, 5) is 23.4. The number of carbonyl (C=O) groups excluding carboxylic acids is 1. The van der Waals surface area contributed by atoms with Crippen LogP contribution in [-0.2, 0) is 11.0 Å². The van der Waals surface area contributed by atoms with E-state index in [9.17, 15) is 35.9 Å². The molecule has 1 amide bonds. The van der Waals surface area contributed by atoms with E-state index in [1.165, 1.54) is 19.2 Å². The molecule has 2 N–H and O–H groups in total. The Kier molecular flexibility index (Phi) is 10.3. The van der Waals surface area contributed by atoms with Gasteiger partial charge in [0.2, 0.25) is 0 Å². The molecule has 1 aromatic heterocycles. The van der Waals surface area contributed by atoms with Crippen LogP contribution in [0.15, 0.2) is 72.8 Å². The molecule has 0 radical (unpaired) electrons. The zero-order valence-corrected chi connectivity index (χ0v) is 26.4. The van der Waals surface area contributed by atoms with Crippen molar-refractivity contribution in [1.82, 2.24) is 15.1 Å². The van der Waals surface area contributed by atoms with Gasteiger partial charge in [-0.3, -0.25) is 14.3 Å². The Morgan fingerprint density at radius 3 is 2.24 bits per heavy atom. The van der Waals surface area contributed by atoms with Crippen molar-refractivity contribution < 1.29 is 45.8 Å². The highest BCUT2D eigenvalue weighted by molar-refractivity contribution is 5.97. The summed E-state index contributed by atoms with van der Waals surface area (Å²) in [6.45, 7) is 1.93. The van der Waals surface area contributed by atoms with E-state index in [0.29, 0.717) is 34.9 Å². The zero-order chi connectivity index (χ0) is 35.5. The van der Waals surface area contributed by atoms with Crippen molar-refractivity contribution in [3.63, 3.8) is 0 Å². The van der Waals surface area contributed by atoms with E-state index in [0.717, 1.165) is 30.7 Å². The third-order valence-electron chi connectivity index (χ3n) is 8.11. The van der Waals surface area contributed by atoms with Gasteiger partial charge in [-0.15, -0.1) is 0 Å². The van der Waals surface area contributed by atoms with Crippen LogP contribution in [0.5, 0.6) is 5.75 Å². The molecule has 4 aromatic carbocycles. The van der Waals surface area contributed by atoms with E-state index < -0.39 is 47.1 Å². The van der Waals surface area contributed by atoms with Gasteiger partial charge in [-0.25, -0.2) is 13.2 Å². The number of aromatic nitrogens is 2. The van der Waals surface area contributed by atoms with Gasteiger partial charge in [-0.2, -0.15) is 18.3 Å². The molecule has 1 heterocycles. The number of alkyl halides is 3. The molecule has 0 aliphatic carbocycles. The molecule has 5 rings (SSSR count). The van der Waals surface area contributed by atoms with Gasteiger partial charge in [0.1, 0.15) is 11.4 Å². The maximum Gasteiger partial charge on any atom is 0.416 e. The van der Waals surface area contributed by atoms with Crippen molar-refractivity contribution in [3.8, 4) is 28.1 Å². The van der Waals surface area contributed by atoms with Crippen molar-refractivity contribution in [2.24, 2.45) is 0 Å². The summed E-state index contributed by atoms with van der Waals surface area (Å²) in [5, 5.41) is 16.7. The Morgan fingerprint density at radius 2 is 1.63 bits per heavy atom. The number of fused-ring (bicyclic) bond motifs is 1. The molecule has 0 spiro atoms. The van der Waals surface area contributed by atoms with Gasteiger partial charge < -0.3 is 15.2 Å². The minimum atomic E-state index is -4.66. The smallest absolute Gasteiger partial charge is 0.416 e. The summed E-state index contributed by atoms with van der Waals surface area (Å²) in [5.41, 5.74) is 1.04. The van der Waals surface area contributed by atoms with Crippen LogP contribution in [0.1, 0.15) is 60.1 Å². The predicted molar refractivity (Wildman–Crippen MR) is 171 cm³/mol. The fourth-order valence-electron chi connectivity index (χ4n) is 5.61. The molecular weight excluding hydrogens is 652 g/mol. The lowest BCUT2D eigenvalue weighted by molar-refractivity contribution is -0.138. The summed E-state index contributed by atoms with van der Waals surface area (Å²) in [7, 11) is 1.32. The average Bonchev–Trinajstić information content (AvgIpc) is 3.45. The van der Waals surface area contributed by atoms with Crippen LogP contribution in [0.3, 0.4) is 0 Å². The topological polar surface area (TPSA) is 93.5 Å². The molecule has 1 unspecified atom stereocenters. The number of ether oxygens (including phenoxy) is 1. The van der Waals surface area contributed by atoms with E-state index in [2.05, 4.69) is 5.32 Å². The number of amides is 1. The molecule has 0 aliphatic heterocycles. The van der Waals surface area contributed by atoms with Crippen LogP contribution in [-0.4, -0.2) is 40.4 Å². The van der Waals surface area contributed by atoms with Gasteiger partial charge >= 0.3 is 12.1 Å². The fourth-order valence-corrected chi connectivity index (χ4v) is 5.61. The predicted octanol–water partition coefficient (Wildman–Crippen LogP) is 8.80. The molecule has 0 saturated carbocycles. The largest absolute Gasteiger partial charge is 0.496 e. The van der Waals surface area contributed by atoms with E-state index >= 15 is 0 Å². The highest BCUT2D eigenvalue weighted by Gasteiger charge is 2.32. The molecule has 5 aromatic rings. The number of hydrogen-bond acceptors (Lipinski definition) is 4. The standard InChI is InChI=1S/C36H31F6N3O4/c1-3-4-5-29(20-6-8-21(9-7-20)35(48)43-15-14-32(46)47)45-30-18-22(23-16-27(37)33(39)28(38)17-23)10-12-25(30)34(44-45)26-19-24(36(40,41)42)11-13-31(26)49-2/h6-13,16-19,29H,3-5,14-15H2,1-2H3,(H,43,48)(H,46,47). The molecule has 13 heteroatoms. The van der Waals surface area contributed by atoms with Crippen molar-refractivity contribution in [2.75, 3.05) is 13.7 Å². The summed E-state index contributed by atoms with van der Waals surface area (Å²) in [6.07, 6.45) is -2.89. The third kappa shape index (κ3) is 7.55. The maximum absolute atomic E-state index is 14.3. The number of carboxylic acids is 1. The van der Waals surface area contributed by atoms with E-state index in [1.807, 2.05) is 6.92 Å². The maximum atomic E-state index is 14.3. The molecule has 49 heavy (non-hydrogen) atoms. The monoisotopic (exact) mass is 683 g/mol. The van der Waals surface area contributed by atoms with E-state index in [4.69, 9.17) is 14.9 Å². The summed E-state index contributed by atoms with van der Waals surface area (Å²) >= 11 is 0. The lowest BCUT2D eigenvalue weighted by Gasteiger charge is -2.20. The van der Waals surface area contributed by atoms with Crippen LogP contribution in [0.25, 0.3) is 33.3 Å². The van der Waals surface area contributed by atoms with Gasteiger partial charge in [-0.1, -0.05) is 38.0 Å². The molecule has 0 bridgehead atoms. The average molecular weight is 684 g/mol. The van der Waals surface area contributed by atoms with Gasteiger partial charge in [0.15, 0.2) is 17.5 Å². The number of halogens is 6. The Morgan fingerprint density at radius 1 is 0.939 bits per heavy atom. The Labute approximate surface area is 277 Å². The van der Waals surface area contributed by atoms with E-state index in [1.54, 1.807) is 41.1 Å². The first kappa shape index (κ1) is 35.0. The second-order valence-electron chi connectivity index (χ2n) is 11.4. The number of carboxylic acid groups (broad SMARTS) is 1. The highest BCUT2D eigenvalue weighted by atomic mass is 19.4. The molecule has 0 saturated heterocycles. The first-order valence-electron chi connectivity index (χ1n) is 15.3. The molecule has 1 atom stereocenters. The fraction of sp³-hybridized carbons (Fsp3) is 0.250. The Hall–Kier alpha value is -5.33. The molecular formula is C36H31F6N3O4. The molecule has 0 fully saturated rings. The molecule has 7 nitrogen and oxygen atoms in total. The van der Waals surface area contributed by atoms with Crippen LogP contribution < -0.4 is 10.1 Å². The van der Waals surface area contributed by atoms with Gasteiger partial charge in [0.25, 0.3) is 5.91 Å². The van der Waals surface area contributed by atoms with Gasteiger partial charge in [0, 0.05) is 23.1 Å². The minimum Gasteiger partial charge on any atom is -0.496 e. The molecule has 256 valence electrons. The van der Waals surface area contributed by atoms with Crippen LogP contribution in [0, 0.1) is 17.5 Å². The van der Waals surface area contributed by atoms with Crippen LogP contribution >= 0.6 is 0 Å². The third-order valence-corrected chi connectivity index (χ3v) is 8.11. The minimum absolute atomic E-state index is 0.0348. The number of unbranched alkanes of at least 4 members (excludes halogenated alkanes) is 1. The number of nitrogens with zero attached hydrogens (tertiary/aromatic N) is 2. The Bertz CT molecular complexity index is 1980. The van der Waals surface area contributed by atoms with Crippen molar-refractivity contribution >= 4 is 22.8 Å². The second-order valence-corrected chi connectivity index (χ2v) is 11.4. The summed E-state index contributed by atoms with van der Waals surface area (Å²) in [5.74, 6) is -5.77. The van der Waals surface area contributed by atoms with Crippen molar-refractivity contribution in [3.05, 3.63) is 107 Å². The number of carbonyl (C=O) groups is 2. The summed E-state index contributed by atoms with van der Waals surface area (Å²) in [6, 6.07) is 15.5. The lowest BCUT2D eigenvalue weighted by atomic mass is 9.98. The van der Waals surface area contributed by atoms with Crippen LogP contribution in [0.2, 0.25) is 0 Å². The first-order valence-corrected chi connectivity index (χ1v) is 15.3. The normalized spacial score (nSPS) is 12.2. The van der Waals surface area contributed by atoms with Gasteiger partial charge in [0.05, 0.1) is 30.7 Å². The number of benzene rings is 4. The lowest BCUT2D eigenvalue weighted by Crippen LogP contribution is -2.26. The number of aliphatic carboxylic acids is 1. The quantitative estimate of drug-likeness (QED) is 0.101. The molecule has 0 aliphatic rings. The number of rotatable bonds is 12. The van der Waals surface area contributed by atoms with E-state index in [-0.39, 0.29) is 41.1 Å². The highest BCUT2D eigenvalue weighted by Crippen LogP contribution is 2.42. The van der Waals surface area contributed by atoms with Crippen molar-refractivity contribution in [2.45, 2.75) is 44.8 Å². The number of nitrogens with one attached hydrogen (secondary N) is 1. The summed E-state index contributed by atoms with van der Waals surface area (Å²) < 4.78 is 90.9. The number of methoxy groups -OCH3 is 1. The van der Waals surface area contributed by atoms with Crippen LogP contribution in [0.4, 0.5) is 26.3 Å². The van der Waals surface area contributed by atoms with Crippen molar-refractivity contribution in [1.29, 1.82) is 0 Å². The second kappa shape index (κ2) is 14.4. The number of hydrogen-bond donors (Lipinski definition) is 2. The van der Waals surface area contributed by atoms with Gasteiger partial charge in [-0.05, 0) is 77.7 Å². The first-order chi connectivity index (χ1) is 23.3. The zero-order valence-electron chi connectivity index (χ0n) is 26.4.